The Morgan fingerprint density at radius 2 is 2.20 bits per heavy atom. The van der Waals surface area contributed by atoms with E-state index in [-0.39, 0.29) is 11.9 Å². The van der Waals surface area contributed by atoms with Crippen LogP contribution >= 0.6 is 0 Å². The number of benzene rings is 1. The number of ether oxygens (including phenoxy) is 1. The van der Waals surface area contributed by atoms with Gasteiger partial charge in [-0.25, -0.2) is 0 Å². The molecule has 0 radical (unpaired) electrons. The van der Waals surface area contributed by atoms with E-state index in [1.807, 2.05) is 31.2 Å². The van der Waals surface area contributed by atoms with Gasteiger partial charge in [-0.15, -0.1) is 0 Å². The van der Waals surface area contributed by atoms with Gasteiger partial charge < -0.3 is 15.4 Å². The molecule has 5 nitrogen and oxygen atoms in total. The third kappa shape index (κ3) is 3.95. The zero-order valence-electron chi connectivity index (χ0n) is 12.2. The second-order valence-corrected chi connectivity index (χ2v) is 5.03. The van der Waals surface area contributed by atoms with Gasteiger partial charge in [-0.2, -0.15) is 0 Å². The molecule has 2 N–H and O–H groups in total. The Morgan fingerprint density at radius 1 is 1.45 bits per heavy atom. The molecule has 110 valence electrons. The van der Waals surface area contributed by atoms with E-state index in [0.717, 1.165) is 37.5 Å². The van der Waals surface area contributed by atoms with E-state index in [1.54, 1.807) is 7.11 Å². The largest absolute Gasteiger partial charge is 0.497 e. The van der Waals surface area contributed by atoms with E-state index in [0.29, 0.717) is 6.54 Å². The molecule has 1 aliphatic rings. The molecule has 1 fully saturated rings. The first-order chi connectivity index (χ1) is 9.70. The standard InChI is InChI=1S/C15H23N3O2/c1-12(18-8-6-16-7-9-18)15(19)17-11-13-4-3-5-14(10-13)20-2/h3-5,10,12,16H,6-9,11H2,1-2H3,(H,17,19). The number of hydrogen-bond donors (Lipinski definition) is 2. The predicted octanol–water partition coefficient (Wildman–Crippen LogP) is 0.605. The van der Waals surface area contributed by atoms with E-state index in [9.17, 15) is 4.79 Å². The predicted molar refractivity (Wildman–Crippen MR) is 78.7 cm³/mol. The minimum Gasteiger partial charge on any atom is -0.497 e. The van der Waals surface area contributed by atoms with E-state index >= 15 is 0 Å². The number of methoxy groups -OCH3 is 1. The molecule has 2 rings (SSSR count). The maximum absolute atomic E-state index is 12.2. The minimum atomic E-state index is -0.0808. The lowest BCUT2D eigenvalue weighted by molar-refractivity contribution is -0.126. The fraction of sp³-hybridized carbons (Fsp3) is 0.533. The van der Waals surface area contributed by atoms with Gasteiger partial charge in [-0.1, -0.05) is 12.1 Å². The molecular formula is C15H23N3O2. The van der Waals surface area contributed by atoms with Crippen molar-refractivity contribution < 1.29 is 9.53 Å². The zero-order chi connectivity index (χ0) is 14.4. The van der Waals surface area contributed by atoms with Crippen molar-refractivity contribution >= 4 is 5.91 Å². The van der Waals surface area contributed by atoms with E-state index in [4.69, 9.17) is 4.74 Å². The lowest BCUT2D eigenvalue weighted by Crippen LogP contribution is -2.52. The fourth-order valence-electron chi connectivity index (χ4n) is 2.35. The van der Waals surface area contributed by atoms with Crippen LogP contribution in [0.4, 0.5) is 0 Å². The van der Waals surface area contributed by atoms with Gasteiger partial charge in [0.1, 0.15) is 5.75 Å². The monoisotopic (exact) mass is 277 g/mol. The smallest absolute Gasteiger partial charge is 0.237 e. The first kappa shape index (κ1) is 14.8. The molecular weight excluding hydrogens is 254 g/mol. The van der Waals surface area contributed by atoms with Crippen LogP contribution in [0, 0.1) is 0 Å². The summed E-state index contributed by atoms with van der Waals surface area (Å²) in [6, 6.07) is 7.67. The average molecular weight is 277 g/mol. The number of rotatable bonds is 5. The van der Waals surface area contributed by atoms with Crippen LogP contribution in [0.5, 0.6) is 5.75 Å². The Morgan fingerprint density at radius 3 is 2.90 bits per heavy atom. The molecule has 0 spiro atoms. The van der Waals surface area contributed by atoms with Crippen LogP contribution in [-0.4, -0.2) is 50.1 Å². The van der Waals surface area contributed by atoms with Crippen LogP contribution in [0.25, 0.3) is 0 Å². The molecule has 1 amide bonds. The van der Waals surface area contributed by atoms with E-state index in [2.05, 4.69) is 15.5 Å². The summed E-state index contributed by atoms with van der Waals surface area (Å²) in [5, 5.41) is 6.28. The molecule has 5 heteroatoms. The maximum atomic E-state index is 12.2. The Bertz CT molecular complexity index is 444. The summed E-state index contributed by atoms with van der Waals surface area (Å²) < 4.78 is 5.18. The van der Waals surface area contributed by atoms with Crippen LogP contribution in [-0.2, 0) is 11.3 Å². The second kappa shape index (κ2) is 7.26. The molecule has 1 heterocycles. The van der Waals surface area contributed by atoms with Crippen molar-refractivity contribution in [2.45, 2.75) is 19.5 Å². The van der Waals surface area contributed by atoms with Gasteiger partial charge in [0.2, 0.25) is 5.91 Å². The van der Waals surface area contributed by atoms with Crippen molar-refractivity contribution in [3.05, 3.63) is 29.8 Å². The number of carbonyl (C=O) groups excluding carboxylic acids is 1. The summed E-state index contributed by atoms with van der Waals surface area (Å²) >= 11 is 0. The number of carbonyl (C=O) groups is 1. The van der Waals surface area contributed by atoms with Gasteiger partial charge in [-0.3, -0.25) is 9.69 Å². The third-order valence-electron chi connectivity index (χ3n) is 3.68. The van der Waals surface area contributed by atoms with Crippen molar-refractivity contribution in [1.82, 2.24) is 15.5 Å². The van der Waals surface area contributed by atoms with Crippen molar-refractivity contribution in [2.24, 2.45) is 0 Å². The van der Waals surface area contributed by atoms with Crippen LogP contribution < -0.4 is 15.4 Å². The molecule has 0 aliphatic carbocycles. The van der Waals surface area contributed by atoms with Gasteiger partial charge in [0, 0.05) is 32.7 Å². The maximum Gasteiger partial charge on any atom is 0.237 e. The van der Waals surface area contributed by atoms with Crippen LogP contribution in [0.1, 0.15) is 12.5 Å². The number of amides is 1. The average Bonchev–Trinajstić information content (AvgIpc) is 2.53. The first-order valence-electron chi connectivity index (χ1n) is 7.06. The highest BCUT2D eigenvalue weighted by Crippen LogP contribution is 2.12. The molecule has 0 saturated carbocycles. The van der Waals surface area contributed by atoms with Crippen molar-refractivity contribution in [3.63, 3.8) is 0 Å². The van der Waals surface area contributed by atoms with Gasteiger partial charge in [0.05, 0.1) is 13.2 Å². The number of hydrogen-bond acceptors (Lipinski definition) is 4. The first-order valence-corrected chi connectivity index (χ1v) is 7.06. The molecule has 1 aromatic rings. The van der Waals surface area contributed by atoms with Gasteiger partial charge in [-0.05, 0) is 24.6 Å². The summed E-state index contributed by atoms with van der Waals surface area (Å²) in [5.74, 6) is 0.890. The summed E-state index contributed by atoms with van der Waals surface area (Å²) in [6.07, 6.45) is 0. The van der Waals surface area contributed by atoms with E-state index in [1.165, 1.54) is 0 Å². The lowest BCUT2D eigenvalue weighted by atomic mass is 10.2. The van der Waals surface area contributed by atoms with Crippen molar-refractivity contribution in [1.29, 1.82) is 0 Å². The normalized spacial score (nSPS) is 17.5. The Labute approximate surface area is 120 Å². The van der Waals surface area contributed by atoms with E-state index < -0.39 is 0 Å². The van der Waals surface area contributed by atoms with Gasteiger partial charge >= 0.3 is 0 Å². The van der Waals surface area contributed by atoms with Crippen LogP contribution in [0.3, 0.4) is 0 Å². The Balaban J connectivity index is 1.84. The Kier molecular flexibility index (Phi) is 5.38. The van der Waals surface area contributed by atoms with Gasteiger partial charge in [0.25, 0.3) is 0 Å². The Hall–Kier alpha value is -1.59. The summed E-state index contributed by atoms with van der Waals surface area (Å²) in [4.78, 5) is 14.4. The molecule has 1 saturated heterocycles. The molecule has 0 aromatic heterocycles. The highest BCUT2D eigenvalue weighted by Gasteiger charge is 2.22. The van der Waals surface area contributed by atoms with Gasteiger partial charge in [0.15, 0.2) is 0 Å². The van der Waals surface area contributed by atoms with Crippen LogP contribution in [0.2, 0.25) is 0 Å². The number of piperazine rings is 1. The van der Waals surface area contributed by atoms with Crippen molar-refractivity contribution in [3.8, 4) is 5.75 Å². The third-order valence-corrected chi connectivity index (χ3v) is 3.68. The molecule has 0 bridgehead atoms. The summed E-state index contributed by atoms with van der Waals surface area (Å²) in [6.45, 7) is 6.25. The molecule has 1 unspecified atom stereocenters. The molecule has 1 atom stereocenters. The summed E-state index contributed by atoms with van der Waals surface area (Å²) in [7, 11) is 1.64. The zero-order valence-corrected chi connectivity index (χ0v) is 12.2. The second-order valence-electron chi connectivity index (χ2n) is 5.03. The topological polar surface area (TPSA) is 53.6 Å². The highest BCUT2D eigenvalue weighted by molar-refractivity contribution is 5.81. The minimum absolute atomic E-state index is 0.0784. The molecule has 20 heavy (non-hydrogen) atoms. The molecule has 1 aliphatic heterocycles. The molecule has 1 aromatic carbocycles. The highest BCUT2D eigenvalue weighted by atomic mass is 16.5. The lowest BCUT2D eigenvalue weighted by Gasteiger charge is -2.31. The summed E-state index contributed by atoms with van der Waals surface area (Å²) in [5.41, 5.74) is 1.05. The quantitative estimate of drug-likeness (QED) is 0.828. The van der Waals surface area contributed by atoms with Crippen LogP contribution in [0.15, 0.2) is 24.3 Å². The fourth-order valence-corrected chi connectivity index (χ4v) is 2.35. The number of nitrogens with one attached hydrogen (secondary N) is 2. The SMILES string of the molecule is COc1cccc(CNC(=O)C(C)N2CCNCC2)c1. The number of nitrogens with zero attached hydrogens (tertiary/aromatic N) is 1. The van der Waals surface area contributed by atoms with Crippen molar-refractivity contribution in [2.75, 3.05) is 33.3 Å².